The molecule has 2 N–H and O–H groups in total. The molecule has 0 radical (unpaired) electrons. The van der Waals surface area contributed by atoms with Gasteiger partial charge >= 0.3 is 5.97 Å². The van der Waals surface area contributed by atoms with E-state index in [-0.39, 0.29) is 0 Å². The molecule has 0 aliphatic rings. The third-order valence-corrected chi connectivity index (χ3v) is 2.36. The van der Waals surface area contributed by atoms with Crippen LogP contribution in [-0.2, 0) is 18.3 Å². The second kappa shape index (κ2) is 4.78. The average Bonchev–Trinajstić information content (AvgIpc) is 2.59. The van der Waals surface area contributed by atoms with E-state index >= 15 is 0 Å². The molecule has 0 unspecified atom stereocenters. The van der Waals surface area contributed by atoms with E-state index in [1.165, 1.54) is 13.1 Å². The maximum Gasteiger partial charge on any atom is 0.325 e. The minimum absolute atomic E-state index is 0.403. The lowest BCUT2D eigenvalue weighted by Gasteiger charge is -2.09. The van der Waals surface area contributed by atoms with Gasteiger partial charge in [-0.05, 0) is 13.3 Å². The molecule has 0 aromatic carbocycles. The third kappa shape index (κ3) is 2.39. The summed E-state index contributed by atoms with van der Waals surface area (Å²) in [5, 5.41) is 15.0. The smallest absolute Gasteiger partial charge is 0.325 e. The molecule has 1 aromatic heterocycles. The van der Waals surface area contributed by atoms with Gasteiger partial charge < -0.3 is 10.4 Å². The second-order valence-electron chi connectivity index (χ2n) is 3.52. The molecule has 0 fully saturated rings. The number of hydrogen-bond donors (Lipinski definition) is 2. The lowest BCUT2D eigenvalue weighted by molar-refractivity contribution is -0.138. The summed E-state index contributed by atoms with van der Waals surface area (Å²) in [6.45, 7) is 3.33. The van der Waals surface area contributed by atoms with Crippen molar-refractivity contribution >= 4 is 11.9 Å². The van der Waals surface area contributed by atoms with E-state index in [4.69, 9.17) is 5.11 Å². The van der Waals surface area contributed by atoms with Gasteiger partial charge in [-0.2, -0.15) is 5.10 Å². The summed E-state index contributed by atoms with van der Waals surface area (Å²) in [6, 6.07) is -0.905. The van der Waals surface area contributed by atoms with E-state index in [9.17, 15) is 9.59 Å². The quantitative estimate of drug-likeness (QED) is 0.765. The van der Waals surface area contributed by atoms with E-state index in [0.29, 0.717) is 12.0 Å². The van der Waals surface area contributed by atoms with Gasteiger partial charge in [-0.25, -0.2) is 0 Å². The lowest BCUT2D eigenvalue weighted by Crippen LogP contribution is -2.38. The fraction of sp³-hybridized carbons (Fsp3) is 0.500. The van der Waals surface area contributed by atoms with Crippen LogP contribution < -0.4 is 5.32 Å². The van der Waals surface area contributed by atoms with E-state index in [2.05, 4.69) is 10.4 Å². The number of rotatable bonds is 4. The van der Waals surface area contributed by atoms with E-state index < -0.39 is 17.9 Å². The molecule has 1 rings (SSSR count). The van der Waals surface area contributed by atoms with Crippen LogP contribution in [0.1, 0.15) is 29.9 Å². The molecule has 0 aliphatic heterocycles. The van der Waals surface area contributed by atoms with Crippen LogP contribution in [0.3, 0.4) is 0 Å². The Kier molecular flexibility index (Phi) is 3.65. The van der Waals surface area contributed by atoms with Gasteiger partial charge in [0, 0.05) is 7.05 Å². The number of carbonyl (C=O) groups is 2. The van der Waals surface area contributed by atoms with Crippen molar-refractivity contribution in [1.82, 2.24) is 15.1 Å². The number of aromatic nitrogens is 2. The number of aryl methyl sites for hydroxylation is 1. The summed E-state index contributed by atoms with van der Waals surface area (Å²) in [5.41, 5.74) is 1.22. The van der Waals surface area contributed by atoms with Crippen LogP contribution in [-0.4, -0.2) is 32.8 Å². The number of hydrogen-bond acceptors (Lipinski definition) is 3. The van der Waals surface area contributed by atoms with Crippen molar-refractivity contribution in [3.05, 3.63) is 17.5 Å². The fourth-order valence-electron chi connectivity index (χ4n) is 1.41. The highest BCUT2D eigenvalue weighted by atomic mass is 16.4. The lowest BCUT2D eigenvalue weighted by atomic mass is 10.2. The Balaban J connectivity index is 2.84. The Labute approximate surface area is 93.3 Å². The minimum atomic E-state index is -1.06. The number of nitrogens with one attached hydrogen (secondary N) is 1. The number of carboxylic acids is 1. The highest BCUT2D eigenvalue weighted by Crippen LogP contribution is 2.08. The zero-order valence-corrected chi connectivity index (χ0v) is 9.52. The molecule has 0 saturated heterocycles. The number of aliphatic carboxylic acids is 1. The second-order valence-corrected chi connectivity index (χ2v) is 3.52. The van der Waals surface area contributed by atoms with Gasteiger partial charge in [0.2, 0.25) is 0 Å². The van der Waals surface area contributed by atoms with Crippen molar-refractivity contribution in [1.29, 1.82) is 0 Å². The van der Waals surface area contributed by atoms with Crippen molar-refractivity contribution in [3.63, 3.8) is 0 Å². The van der Waals surface area contributed by atoms with Crippen molar-refractivity contribution in [2.24, 2.45) is 7.05 Å². The third-order valence-electron chi connectivity index (χ3n) is 2.36. The Morgan fingerprint density at radius 3 is 2.75 bits per heavy atom. The van der Waals surface area contributed by atoms with Gasteiger partial charge in [0.25, 0.3) is 5.91 Å². The standard InChI is InChI=1S/C10H15N3O3/c1-4-8-7(5-11-13(8)3)9(14)12-6(2)10(15)16/h5-6H,4H2,1-3H3,(H,12,14)(H,15,16)/t6-/m0/s1. The summed E-state index contributed by atoms with van der Waals surface area (Å²) < 4.78 is 1.61. The van der Waals surface area contributed by atoms with Gasteiger partial charge in [0.15, 0.2) is 0 Å². The van der Waals surface area contributed by atoms with E-state index in [1.54, 1.807) is 11.7 Å². The topological polar surface area (TPSA) is 84.2 Å². The van der Waals surface area contributed by atoms with Crippen molar-refractivity contribution < 1.29 is 14.7 Å². The van der Waals surface area contributed by atoms with Crippen LogP contribution in [0.25, 0.3) is 0 Å². The summed E-state index contributed by atoms with van der Waals surface area (Å²) in [4.78, 5) is 22.3. The van der Waals surface area contributed by atoms with Gasteiger partial charge in [-0.15, -0.1) is 0 Å². The molecule has 16 heavy (non-hydrogen) atoms. The van der Waals surface area contributed by atoms with Crippen LogP contribution in [0.2, 0.25) is 0 Å². The first-order chi connectivity index (χ1) is 7.47. The van der Waals surface area contributed by atoms with Crippen molar-refractivity contribution in [2.45, 2.75) is 26.3 Å². The molecule has 1 aromatic rings. The number of amides is 1. The Morgan fingerprint density at radius 2 is 2.25 bits per heavy atom. The molecule has 1 atom stereocenters. The maximum atomic E-state index is 11.7. The first-order valence-electron chi connectivity index (χ1n) is 5.01. The molecule has 0 spiro atoms. The molecule has 0 bridgehead atoms. The Bertz CT molecular complexity index is 411. The first-order valence-corrected chi connectivity index (χ1v) is 5.01. The fourth-order valence-corrected chi connectivity index (χ4v) is 1.41. The zero-order valence-electron chi connectivity index (χ0n) is 9.52. The molecular weight excluding hydrogens is 210 g/mol. The van der Waals surface area contributed by atoms with Crippen molar-refractivity contribution in [3.8, 4) is 0 Å². The van der Waals surface area contributed by atoms with Crippen LogP contribution in [0.4, 0.5) is 0 Å². The number of nitrogens with zero attached hydrogens (tertiary/aromatic N) is 2. The Morgan fingerprint density at radius 1 is 1.62 bits per heavy atom. The highest BCUT2D eigenvalue weighted by molar-refractivity contribution is 5.97. The average molecular weight is 225 g/mol. The zero-order chi connectivity index (χ0) is 12.3. The molecule has 6 nitrogen and oxygen atoms in total. The highest BCUT2D eigenvalue weighted by Gasteiger charge is 2.19. The van der Waals surface area contributed by atoms with Crippen LogP contribution >= 0.6 is 0 Å². The summed E-state index contributed by atoms with van der Waals surface area (Å²) in [7, 11) is 1.75. The van der Waals surface area contributed by atoms with Crippen molar-refractivity contribution in [2.75, 3.05) is 0 Å². The normalized spacial score (nSPS) is 12.2. The summed E-state index contributed by atoms with van der Waals surface area (Å²) >= 11 is 0. The minimum Gasteiger partial charge on any atom is -0.480 e. The van der Waals surface area contributed by atoms with E-state index in [0.717, 1.165) is 5.69 Å². The summed E-state index contributed by atoms with van der Waals surface area (Å²) in [6.07, 6.45) is 2.11. The first kappa shape index (κ1) is 12.2. The molecule has 1 amide bonds. The van der Waals surface area contributed by atoms with Gasteiger partial charge in [0.1, 0.15) is 6.04 Å². The van der Waals surface area contributed by atoms with Crippen LogP contribution in [0, 0.1) is 0 Å². The van der Waals surface area contributed by atoms with Gasteiger partial charge in [-0.1, -0.05) is 6.92 Å². The van der Waals surface area contributed by atoms with Gasteiger partial charge in [-0.3, -0.25) is 14.3 Å². The largest absolute Gasteiger partial charge is 0.480 e. The monoisotopic (exact) mass is 225 g/mol. The SMILES string of the molecule is CCc1c(C(=O)N[C@@H](C)C(=O)O)cnn1C. The predicted octanol–water partition coefficient (Wildman–Crippen LogP) is 0.185. The summed E-state index contributed by atoms with van der Waals surface area (Å²) in [5.74, 6) is -1.46. The van der Waals surface area contributed by atoms with E-state index in [1.807, 2.05) is 6.92 Å². The van der Waals surface area contributed by atoms with Crippen LogP contribution in [0.15, 0.2) is 6.20 Å². The molecule has 1 heterocycles. The van der Waals surface area contributed by atoms with Crippen LogP contribution in [0.5, 0.6) is 0 Å². The predicted molar refractivity (Wildman–Crippen MR) is 57.2 cm³/mol. The number of carbonyl (C=O) groups excluding carboxylic acids is 1. The molecular formula is C10H15N3O3. The molecule has 6 heteroatoms. The Hall–Kier alpha value is -1.85. The molecule has 0 saturated carbocycles. The molecule has 88 valence electrons. The number of carboxylic acid groups (broad SMARTS) is 1. The molecule has 0 aliphatic carbocycles. The maximum absolute atomic E-state index is 11.7. The van der Waals surface area contributed by atoms with Gasteiger partial charge in [0.05, 0.1) is 17.5 Å².